The van der Waals surface area contributed by atoms with Crippen LogP contribution in [0.15, 0.2) is 5.16 Å². The number of unbranched alkanes of at least 4 members (excludes halogenated alkanes) is 1. The van der Waals surface area contributed by atoms with Crippen molar-refractivity contribution in [2.75, 3.05) is 37.5 Å². The lowest BCUT2D eigenvalue weighted by atomic mass is 10.0. The zero-order valence-electron chi connectivity index (χ0n) is 17.1. The minimum Gasteiger partial charge on any atom is -0.395 e. The summed E-state index contributed by atoms with van der Waals surface area (Å²) < 4.78 is 1.01. The summed E-state index contributed by atoms with van der Waals surface area (Å²) >= 11 is 3.17. The Hall–Kier alpha value is -1.48. The summed E-state index contributed by atoms with van der Waals surface area (Å²) in [7, 11) is 0. The van der Waals surface area contributed by atoms with Crippen molar-refractivity contribution in [3.63, 3.8) is 0 Å². The van der Waals surface area contributed by atoms with Gasteiger partial charge < -0.3 is 15.1 Å². The molecule has 0 spiro atoms. The summed E-state index contributed by atoms with van der Waals surface area (Å²) in [6, 6.07) is 0. The number of aromatic nitrogens is 3. The van der Waals surface area contributed by atoms with Crippen LogP contribution >= 0.6 is 23.1 Å². The Kier molecular flexibility index (Phi) is 6.53. The SMILES string of the molecule is CCCCc1nc2sc3c(N(CCO)CCO)nc(SC)nc3c2c2c1CCC2. The second-order valence-corrected chi connectivity index (χ2v) is 9.17. The first-order chi connectivity index (χ1) is 14.2. The van der Waals surface area contributed by atoms with Crippen molar-refractivity contribution >= 4 is 49.3 Å². The van der Waals surface area contributed by atoms with E-state index >= 15 is 0 Å². The highest BCUT2D eigenvalue weighted by Crippen LogP contribution is 2.43. The van der Waals surface area contributed by atoms with Crippen LogP contribution in [0, 0.1) is 0 Å². The highest BCUT2D eigenvalue weighted by molar-refractivity contribution is 7.98. The molecular weight excluding hydrogens is 404 g/mol. The van der Waals surface area contributed by atoms with Crippen molar-refractivity contribution in [3.05, 3.63) is 16.8 Å². The predicted octanol–water partition coefficient (Wildman–Crippen LogP) is 3.58. The molecule has 2 N–H and O–H groups in total. The number of rotatable bonds is 9. The first-order valence-electron chi connectivity index (χ1n) is 10.4. The first kappa shape index (κ1) is 20.8. The molecule has 1 aliphatic rings. The number of aliphatic hydroxyl groups is 2. The van der Waals surface area contributed by atoms with E-state index < -0.39 is 0 Å². The van der Waals surface area contributed by atoms with Gasteiger partial charge in [0.15, 0.2) is 11.0 Å². The third kappa shape index (κ3) is 3.83. The molecule has 0 aliphatic heterocycles. The van der Waals surface area contributed by atoms with Crippen LogP contribution in [0.4, 0.5) is 5.82 Å². The Labute approximate surface area is 179 Å². The Bertz CT molecular complexity index is 1020. The lowest BCUT2D eigenvalue weighted by Crippen LogP contribution is -2.30. The monoisotopic (exact) mass is 432 g/mol. The molecule has 0 unspecified atom stereocenters. The van der Waals surface area contributed by atoms with E-state index in [0.29, 0.717) is 13.1 Å². The summed E-state index contributed by atoms with van der Waals surface area (Å²) in [5.41, 5.74) is 5.12. The van der Waals surface area contributed by atoms with E-state index in [2.05, 4.69) is 6.92 Å². The van der Waals surface area contributed by atoms with E-state index in [1.807, 2.05) is 11.2 Å². The van der Waals surface area contributed by atoms with Gasteiger partial charge >= 0.3 is 0 Å². The average molecular weight is 433 g/mol. The molecule has 8 heteroatoms. The third-order valence-electron chi connectivity index (χ3n) is 5.57. The maximum Gasteiger partial charge on any atom is 0.189 e. The molecular formula is C21H28N4O2S2. The van der Waals surface area contributed by atoms with Crippen molar-refractivity contribution < 1.29 is 10.2 Å². The van der Waals surface area contributed by atoms with Gasteiger partial charge in [0.05, 0.1) is 23.4 Å². The van der Waals surface area contributed by atoms with E-state index in [0.717, 1.165) is 51.7 Å². The zero-order chi connectivity index (χ0) is 20.4. The number of aryl methyl sites for hydroxylation is 2. The van der Waals surface area contributed by atoms with Crippen molar-refractivity contribution in [1.29, 1.82) is 0 Å². The molecule has 3 aromatic heterocycles. The fraction of sp³-hybridized carbons (Fsp3) is 0.571. The Balaban J connectivity index is 1.98. The van der Waals surface area contributed by atoms with Gasteiger partial charge in [-0.3, -0.25) is 0 Å². The van der Waals surface area contributed by atoms with Crippen LogP contribution < -0.4 is 4.90 Å². The van der Waals surface area contributed by atoms with Crippen LogP contribution in [0.25, 0.3) is 20.4 Å². The number of pyridine rings is 1. The normalized spacial score (nSPS) is 13.5. The number of hydrogen-bond donors (Lipinski definition) is 2. The maximum atomic E-state index is 9.53. The molecule has 0 atom stereocenters. The standard InChI is InChI=1S/C21H28N4O2S2/c1-3-4-8-15-13-6-5-7-14(13)16-17-18(29-20(16)22-15)19(24-21(23-17)28-2)25(9-11-26)10-12-27/h26-27H,3-12H2,1-2H3. The second kappa shape index (κ2) is 9.12. The molecule has 156 valence electrons. The summed E-state index contributed by atoms with van der Waals surface area (Å²) in [5, 5.41) is 21.0. The number of anilines is 1. The van der Waals surface area contributed by atoms with E-state index in [1.54, 1.807) is 11.3 Å². The highest BCUT2D eigenvalue weighted by Gasteiger charge is 2.26. The van der Waals surface area contributed by atoms with Gasteiger partial charge in [-0.05, 0) is 49.5 Å². The molecule has 3 heterocycles. The van der Waals surface area contributed by atoms with Gasteiger partial charge in [-0.1, -0.05) is 25.1 Å². The Morgan fingerprint density at radius 1 is 1.07 bits per heavy atom. The summed E-state index contributed by atoms with van der Waals surface area (Å²) in [4.78, 5) is 17.7. The lowest BCUT2D eigenvalue weighted by Gasteiger charge is -2.22. The summed E-state index contributed by atoms with van der Waals surface area (Å²) in [6.45, 7) is 3.12. The van der Waals surface area contributed by atoms with E-state index in [4.69, 9.17) is 15.0 Å². The van der Waals surface area contributed by atoms with Crippen LogP contribution in [0.3, 0.4) is 0 Å². The quantitative estimate of drug-likeness (QED) is 0.395. The molecule has 0 fully saturated rings. The molecule has 0 amide bonds. The van der Waals surface area contributed by atoms with Gasteiger partial charge in [-0.15, -0.1) is 11.3 Å². The molecule has 29 heavy (non-hydrogen) atoms. The van der Waals surface area contributed by atoms with Gasteiger partial charge in [0, 0.05) is 24.2 Å². The first-order valence-corrected chi connectivity index (χ1v) is 12.4. The van der Waals surface area contributed by atoms with Crippen LogP contribution in [0.2, 0.25) is 0 Å². The highest BCUT2D eigenvalue weighted by atomic mass is 32.2. The molecule has 0 bridgehead atoms. The smallest absolute Gasteiger partial charge is 0.189 e. The minimum absolute atomic E-state index is 0.0137. The molecule has 0 saturated carbocycles. The number of hydrogen-bond acceptors (Lipinski definition) is 8. The van der Waals surface area contributed by atoms with Gasteiger partial charge in [-0.25, -0.2) is 15.0 Å². The van der Waals surface area contributed by atoms with Gasteiger partial charge in [0.25, 0.3) is 0 Å². The molecule has 6 nitrogen and oxygen atoms in total. The zero-order valence-corrected chi connectivity index (χ0v) is 18.7. The van der Waals surface area contributed by atoms with Crippen LogP contribution in [0.1, 0.15) is 43.0 Å². The Morgan fingerprint density at radius 3 is 2.52 bits per heavy atom. The summed E-state index contributed by atoms with van der Waals surface area (Å²) in [6.07, 6.45) is 8.74. The van der Waals surface area contributed by atoms with Crippen LogP contribution in [-0.4, -0.2) is 57.7 Å². The lowest BCUT2D eigenvalue weighted by molar-refractivity contribution is 0.281. The number of thioether (sulfide) groups is 1. The molecule has 0 radical (unpaired) electrons. The van der Waals surface area contributed by atoms with Crippen molar-refractivity contribution in [2.24, 2.45) is 0 Å². The Morgan fingerprint density at radius 2 is 1.83 bits per heavy atom. The van der Waals surface area contributed by atoms with E-state index in [9.17, 15) is 10.2 Å². The predicted molar refractivity (Wildman–Crippen MR) is 122 cm³/mol. The largest absolute Gasteiger partial charge is 0.395 e. The summed E-state index contributed by atoms with van der Waals surface area (Å²) in [5.74, 6) is 0.798. The van der Waals surface area contributed by atoms with Gasteiger partial charge in [-0.2, -0.15) is 0 Å². The van der Waals surface area contributed by atoms with Gasteiger partial charge in [0.2, 0.25) is 0 Å². The minimum atomic E-state index is 0.0137. The van der Waals surface area contributed by atoms with Crippen molar-refractivity contribution in [1.82, 2.24) is 15.0 Å². The number of aliphatic hydroxyl groups excluding tert-OH is 2. The van der Waals surface area contributed by atoms with E-state index in [1.165, 1.54) is 46.8 Å². The maximum absolute atomic E-state index is 9.53. The van der Waals surface area contributed by atoms with Crippen molar-refractivity contribution in [3.8, 4) is 0 Å². The topological polar surface area (TPSA) is 82.4 Å². The van der Waals surface area contributed by atoms with Gasteiger partial charge in [0.1, 0.15) is 4.83 Å². The fourth-order valence-electron chi connectivity index (χ4n) is 4.23. The molecule has 1 aliphatic carbocycles. The molecule has 0 saturated heterocycles. The van der Waals surface area contributed by atoms with Crippen LogP contribution in [0.5, 0.6) is 0 Å². The number of nitrogens with zero attached hydrogens (tertiary/aromatic N) is 4. The van der Waals surface area contributed by atoms with E-state index in [-0.39, 0.29) is 13.2 Å². The number of fused-ring (bicyclic) bond motifs is 5. The van der Waals surface area contributed by atoms with Crippen molar-refractivity contribution in [2.45, 2.75) is 50.6 Å². The fourth-order valence-corrected chi connectivity index (χ4v) is 5.77. The van der Waals surface area contributed by atoms with Crippen LogP contribution in [-0.2, 0) is 19.3 Å². The molecule has 4 rings (SSSR count). The second-order valence-electron chi connectivity index (χ2n) is 7.40. The third-order valence-corrected chi connectivity index (χ3v) is 7.19. The number of thiophene rings is 1. The average Bonchev–Trinajstić information content (AvgIpc) is 3.35. The molecule has 3 aromatic rings. The molecule has 0 aromatic carbocycles.